The molecule has 0 aliphatic rings. The Labute approximate surface area is 200 Å². The quantitative estimate of drug-likeness (QED) is 0.113. The highest BCUT2D eigenvalue weighted by Gasteiger charge is 2.17. The number of allylic oxidation sites excluding steroid dienone is 1. The molecule has 0 radical (unpaired) electrons. The van der Waals surface area contributed by atoms with E-state index in [1.807, 2.05) is 29.6 Å². The van der Waals surface area contributed by atoms with Gasteiger partial charge in [0.15, 0.2) is 5.16 Å². The Morgan fingerprint density at radius 3 is 2.66 bits per heavy atom. The lowest BCUT2D eigenvalue weighted by atomic mass is 10.1. The number of hydrogen-bond donors (Lipinski definition) is 0. The molecule has 2 aromatic heterocycles. The van der Waals surface area contributed by atoms with Gasteiger partial charge in [0.25, 0.3) is 5.56 Å². The van der Waals surface area contributed by atoms with E-state index in [4.69, 9.17) is 21.3 Å². The van der Waals surface area contributed by atoms with Gasteiger partial charge in [0.1, 0.15) is 10.6 Å². The predicted octanol–water partition coefficient (Wildman–Crippen LogP) is 6.83. The maximum atomic E-state index is 13.4. The minimum absolute atomic E-state index is 0.0216. The normalized spacial score (nSPS) is 11.1. The van der Waals surface area contributed by atoms with Crippen LogP contribution in [-0.2, 0) is 6.54 Å². The highest BCUT2D eigenvalue weighted by atomic mass is 35.5. The van der Waals surface area contributed by atoms with Gasteiger partial charge < -0.3 is 4.74 Å². The van der Waals surface area contributed by atoms with E-state index in [0.29, 0.717) is 28.7 Å². The Bertz CT molecular complexity index is 1280. The second-order valence-corrected chi connectivity index (χ2v) is 9.66. The Morgan fingerprint density at radius 1 is 1.19 bits per heavy atom. The molecule has 0 aliphatic heterocycles. The van der Waals surface area contributed by atoms with Crippen molar-refractivity contribution in [3.05, 3.63) is 87.5 Å². The summed E-state index contributed by atoms with van der Waals surface area (Å²) in [6.45, 7) is 6.88. The van der Waals surface area contributed by atoms with Gasteiger partial charge in [0.05, 0.1) is 12.0 Å². The highest BCUT2D eigenvalue weighted by Crippen LogP contribution is 2.32. The first-order valence-corrected chi connectivity index (χ1v) is 12.5. The van der Waals surface area contributed by atoms with Crippen LogP contribution in [-0.4, -0.2) is 21.9 Å². The van der Waals surface area contributed by atoms with Crippen LogP contribution < -0.4 is 10.3 Å². The molecule has 2 aromatic carbocycles. The summed E-state index contributed by atoms with van der Waals surface area (Å²) in [6, 6.07) is 15.6. The third kappa shape index (κ3) is 5.09. The van der Waals surface area contributed by atoms with Gasteiger partial charge >= 0.3 is 0 Å². The second kappa shape index (κ2) is 10.4. The molecule has 0 atom stereocenters. The van der Waals surface area contributed by atoms with Crippen molar-refractivity contribution < 1.29 is 4.74 Å². The zero-order chi connectivity index (χ0) is 22.5. The van der Waals surface area contributed by atoms with Crippen molar-refractivity contribution in [2.75, 3.05) is 12.4 Å². The number of rotatable bonds is 9. The Balaban J connectivity index is 1.51. The number of ether oxygens (including phenoxy) is 1. The number of thiophene rings is 1. The molecule has 7 heteroatoms. The van der Waals surface area contributed by atoms with Crippen molar-refractivity contribution in [3.63, 3.8) is 0 Å². The molecule has 32 heavy (non-hydrogen) atoms. The lowest BCUT2D eigenvalue weighted by molar-refractivity contribution is 0.318. The molecular formula is C25H23ClN2O2S2. The monoisotopic (exact) mass is 482 g/mol. The van der Waals surface area contributed by atoms with Gasteiger partial charge in [-0.2, -0.15) is 0 Å². The van der Waals surface area contributed by atoms with Crippen molar-refractivity contribution in [1.29, 1.82) is 0 Å². The standard InChI is InChI=1S/C25H23ClN2O2S2/c1-3-13-28-24(29)22-21(18-7-5-17(2)6-8-18)16-32-23(22)27-25(28)31-15-4-14-30-20-11-9-19(26)10-12-20/h3,5-12,16H,1,4,13-15H2,2H3. The van der Waals surface area contributed by atoms with Gasteiger partial charge in [-0.05, 0) is 43.2 Å². The van der Waals surface area contributed by atoms with Crippen molar-refractivity contribution in [2.24, 2.45) is 0 Å². The Morgan fingerprint density at radius 2 is 1.94 bits per heavy atom. The number of fused-ring (bicyclic) bond motifs is 1. The molecule has 4 nitrogen and oxygen atoms in total. The van der Waals surface area contributed by atoms with Crippen LogP contribution in [0.5, 0.6) is 5.75 Å². The molecule has 0 saturated heterocycles. The van der Waals surface area contributed by atoms with E-state index >= 15 is 0 Å². The SMILES string of the molecule is C=CCn1c(SCCCOc2ccc(Cl)cc2)nc2scc(-c3ccc(C)cc3)c2c1=O. The first kappa shape index (κ1) is 22.6. The molecular weight excluding hydrogens is 460 g/mol. The van der Waals surface area contributed by atoms with Crippen molar-refractivity contribution in [3.8, 4) is 16.9 Å². The summed E-state index contributed by atoms with van der Waals surface area (Å²) in [4.78, 5) is 19.0. The van der Waals surface area contributed by atoms with E-state index in [1.165, 1.54) is 16.9 Å². The summed E-state index contributed by atoms with van der Waals surface area (Å²) in [5, 5.41) is 4.10. The van der Waals surface area contributed by atoms with Crippen LogP contribution in [0.25, 0.3) is 21.3 Å². The van der Waals surface area contributed by atoms with Crippen LogP contribution >= 0.6 is 34.7 Å². The summed E-state index contributed by atoms with van der Waals surface area (Å²) in [6.07, 6.45) is 2.56. The van der Waals surface area contributed by atoms with E-state index in [2.05, 4.69) is 37.8 Å². The molecule has 0 unspecified atom stereocenters. The molecule has 0 N–H and O–H groups in total. The molecule has 0 amide bonds. The van der Waals surface area contributed by atoms with Gasteiger partial charge in [-0.25, -0.2) is 4.98 Å². The number of benzene rings is 2. The number of nitrogens with zero attached hydrogens (tertiary/aromatic N) is 2. The van der Waals surface area contributed by atoms with E-state index in [1.54, 1.807) is 22.4 Å². The average molecular weight is 483 g/mol. The lowest BCUT2D eigenvalue weighted by Gasteiger charge is -2.11. The van der Waals surface area contributed by atoms with Crippen LogP contribution in [0.1, 0.15) is 12.0 Å². The largest absolute Gasteiger partial charge is 0.494 e. The number of aromatic nitrogens is 2. The van der Waals surface area contributed by atoms with Crippen LogP contribution in [0.2, 0.25) is 5.02 Å². The third-order valence-corrected chi connectivity index (χ3v) is 7.12. The van der Waals surface area contributed by atoms with Gasteiger partial charge in [-0.1, -0.05) is 59.3 Å². The van der Waals surface area contributed by atoms with Crippen LogP contribution in [0.15, 0.2) is 76.5 Å². The molecule has 0 aliphatic carbocycles. The van der Waals surface area contributed by atoms with Crippen LogP contribution in [0.3, 0.4) is 0 Å². The maximum Gasteiger partial charge on any atom is 0.263 e. The first-order valence-electron chi connectivity index (χ1n) is 10.3. The zero-order valence-corrected chi connectivity index (χ0v) is 20.1. The fourth-order valence-corrected chi connectivity index (χ4v) is 5.33. The number of aryl methyl sites for hydroxylation is 1. The second-order valence-electron chi connectivity index (χ2n) is 7.30. The summed E-state index contributed by atoms with van der Waals surface area (Å²) in [5.41, 5.74) is 3.14. The third-order valence-electron chi connectivity index (χ3n) is 4.94. The fourth-order valence-electron chi connectivity index (χ4n) is 3.29. The van der Waals surface area contributed by atoms with Crippen LogP contribution in [0, 0.1) is 6.92 Å². The summed E-state index contributed by atoms with van der Waals surface area (Å²) in [5.74, 6) is 1.59. The minimum atomic E-state index is -0.0216. The molecule has 0 fully saturated rings. The van der Waals surface area contributed by atoms with Gasteiger partial charge in [-0.3, -0.25) is 9.36 Å². The molecule has 0 bridgehead atoms. The smallest absolute Gasteiger partial charge is 0.263 e. The molecule has 0 spiro atoms. The molecule has 4 aromatic rings. The summed E-state index contributed by atoms with van der Waals surface area (Å²) in [7, 11) is 0. The molecule has 4 rings (SSSR count). The Kier molecular flexibility index (Phi) is 7.35. The predicted molar refractivity (Wildman–Crippen MR) is 137 cm³/mol. The van der Waals surface area contributed by atoms with Gasteiger partial charge in [-0.15, -0.1) is 17.9 Å². The molecule has 164 valence electrons. The zero-order valence-electron chi connectivity index (χ0n) is 17.7. The van der Waals surface area contributed by atoms with Crippen molar-refractivity contribution >= 4 is 44.9 Å². The molecule has 0 saturated carbocycles. The number of thioether (sulfide) groups is 1. The fraction of sp³-hybridized carbons (Fsp3) is 0.200. The summed E-state index contributed by atoms with van der Waals surface area (Å²) < 4.78 is 7.47. The lowest BCUT2D eigenvalue weighted by Crippen LogP contribution is -2.22. The Hall–Kier alpha value is -2.54. The van der Waals surface area contributed by atoms with Crippen LogP contribution in [0.4, 0.5) is 0 Å². The van der Waals surface area contributed by atoms with E-state index in [-0.39, 0.29) is 5.56 Å². The van der Waals surface area contributed by atoms with E-state index in [9.17, 15) is 4.79 Å². The van der Waals surface area contributed by atoms with Crippen molar-refractivity contribution in [2.45, 2.75) is 25.0 Å². The van der Waals surface area contributed by atoms with E-state index in [0.717, 1.165) is 33.9 Å². The topological polar surface area (TPSA) is 44.1 Å². The number of hydrogen-bond acceptors (Lipinski definition) is 5. The van der Waals surface area contributed by atoms with Gasteiger partial charge in [0, 0.05) is 28.3 Å². The number of halogens is 1. The maximum absolute atomic E-state index is 13.4. The highest BCUT2D eigenvalue weighted by molar-refractivity contribution is 7.99. The molecule has 2 heterocycles. The van der Waals surface area contributed by atoms with Crippen molar-refractivity contribution in [1.82, 2.24) is 9.55 Å². The minimum Gasteiger partial charge on any atom is -0.494 e. The first-order chi connectivity index (χ1) is 15.6. The van der Waals surface area contributed by atoms with Gasteiger partial charge in [0.2, 0.25) is 0 Å². The summed E-state index contributed by atoms with van der Waals surface area (Å²) >= 11 is 8.98. The average Bonchev–Trinajstić information content (AvgIpc) is 3.22. The van der Waals surface area contributed by atoms with E-state index < -0.39 is 0 Å².